The van der Waals surface area contributed by atoms with Crippen LogP contribution in [-0.4, -0.2) is 28.1 Å². The van der Waals surface area contributed by atoms with Crippen LogP contribution in [0.3, 0.4) is 0 Å². The number of aryl methyl sites for hydroxylation is 1. The Morgan fingerprint density at radius 2 is 1.46 bits per heavy atom. The van der Waals surface area contributed by atoms with Crippen LogP contribution in [0.4, 0.5) is 5.69 Å². The molecule has 0 aliphatic heterocycles. The second kappa shape index (κ2) is 7.23. The first kappa shape index (κ1) is 17.0. The highest BCUT2D eigenvalue weighted by atomic mass is 16.4. The van der Waals surface area contributed by atoms with Crippen LogP contribution >= 0.6 is 0 Å². The number of hydrogen-bond donors (Lipinski definition) is 3. The maximum atomic E-state index is 11.9. The normalized spacial score (nSPS) is 10.5. The zero-order valence-electron chi connectivity index (χ0n) is 12.8. The summed E-state index contributed by atoms with van der Waals surface area (Å²) in [6.45, 7) is 1.95. The number of carbonyl (C=O) groups excluding carboxylic acids is 1. The van der Waals surface area contributed by atoms with E-state index in [-0.39, 0.29) is 16.8 Å². The second-order valence-electron chi connectivity index (χ2n) is 5.14. The first-order valence-corrected chi connectivity index (χ1v) is 7.02. The Morgan fingerprint density at radius 1 is 0.917 bits per heavy atom. The van der Waals surface area contributed by atoms with E-state index >= 15 is 0 Å². The second-order valence-corrected chi connectivity index (χ2v) is 5.14. The third kappa shape index (κ3) is 4.54. The number of anilines is 1. The summed E-state index contributed by atoms with van der Waals surface area (Å²) in [5, 5.41) is 20.5. The molecule has 0 aliphatic carbocycles. The van der Waals surface area contributed by atoms with Gasteiger partial charge in [0.2, 0.25) is 5.91 Å². The molecular formula is C18H15NO5. The molecular weight excluding hydrogens is 310 g/mol. The Morgan fingerprint density at radius 3 is 1.96 bits per heavy atom. The van der Waals surface area contributed by atoms with E-state index in [1.165, 1.54) is 18.2 Å². The van der Waals surface area contributed by atoms with Gasteiger partial charge < -0.3 is 15.5 Å². The number of benzene rings is 2. The standard InChI is InChI=1S/C18H15NO5/c1-11-2-4-12(5-3-11)6-7-16(20)19-15-9-13(17(21)22)8-14(10-15)18(23)24/h2-10H,1H3,(H,19,20)(H,21,22)(H,23,24)/b7-6+. The lowest BCUT2D eigenvalue weighted by atomic mass is 10.1. The van der Waals surface area contributed by atoms with Gasteiger partial charge in [0.1, 0.15) is 0 Å². The molecule has 0 bridgehead atoms. The minimum absolute atomic E-state index is 0.103. The van der Waals surface area contributed by atoms with E-state index in [4.69, 9.17) is 10.2 Å². The predicted molar refractivity (Wildman–Crippen MR) is 89.2 cm³/mol. The van der Waals surface area contributed by atoms with E-state index in [1.54, 1.807) is 6.08 Å². The van der Waals surface area contributed by atoms with Crippen LogP contribution in [0.5, 0.6) is 0 Å². The number of nitrogens with one attached hydrogen (secondary N) is 1. The SMILES string of the molecule is Cc1ccc(/C=C/C(=O)Nc2cc(C(=O)O)cc(C(=O)O)c2)cc1. The Hall–Kier alpha value is -3.41. The molecule has 0 saturated carbocycles. The van der Waals surface area contributed by atoms with E-state index < -0.39 is 17.8 Å². The van der Waals surface area contributed by atoms with Crippen LogP contribution in [0.25, 0.3) is 6.08 Å². The average molecular weight is 325 g/mol. The molecule has 2 rings (SSSR count). The fraction of sp³-hybridized carbons (Fsp3) is 0.0556. The number of amides is 1. The average Bonchev–Trinajstić information content (AvgIpc) is 2.54. The first-order chi connectivity index (χ1) is 11.3. The topological polar surface area (TPSA) is 104 Å². The fourth-order valence-electron chi connectivity index (χ4n) is 1.98. The molecule has 0 aliphatic rings. The molecule has 0 saturated heterocycles. The summed E-state index contributed by atoms with van der Waals surface area (Å²) < 4.78 is 0. The highest BCUT2D eigenvalue weighted by Gasteiger charge is 2.12. The van der Waals surface area contributed by atoms with Crippen molar-refractivity contribution in [3.05, 3.63) is 70.8 Å². The number of aromatic carboxylic acids is 2. The maximum Gasteiger partial charge on any atom is 0.335 e. The van der Waals surface area contributed by atoms with E-state index in [9.17, 15) is 14.4 Å². The summed E-state index contributed by atoms with van der Waals surface area (Å²) in [5.74, 6) is -3.04. The molecule has 0 heterocycles. The lowest BCUT2D eigenvalue weighted by molar-refractivity contribution is -0.111. The fourth-order valence-corrected chi connectivity index (χ4v) is 1.98. The van der Waals surface area contributed by atoms with Gasteiger partial charge in [0.25, 0.3) is 0 Å². The van der Waals surface area contributed by atoms with Crippen molar-refractivity contribution < 1.29 is 24.6 Å². The number of hydrogen-bond acceptors (Lipinski definition) is 3. The molecule has 0 unspecified atom stereocenters. The van der Waals surface area contributed by atoms with Gasteiger partial charge in [0, 0.05) is 11.8 Å². The quantitative estimate of drug-likeness (QED) is 0.733. The smallest absolute Gasteiger partial charge is 0.335 e. The molecule has 2 aromatic carbocycles. The van der Waals surface area contributed by atoms with E-state index in [2.05, 4.69) is 5.32 Å². The van der Waals surface area contributed by atoms with E-state index in [0.29, 0.717) is 0 Å². The highest BCUT2D eigenvalue weighted by molar-refractivity contribution is 6.04. The number of carbonyl (C=O) groups is 3. The molecule has 6 heteroatoms. The third-order valence-corrected chi connectivity index (χ3v) is 3.20. The van der Waals surface area contributed by atoms with Crippen molar-refractivity contribution in [1.82, 2.24) is 0 Å². The summed E-state index contributed by atoms with van der Waals surface area (Å²) in [6, 6.07) is 11.0. The molecule has 122 valence electrons. The van der Waals surface area contributed by atoms with E-state index in [0.717, 1.165) is 17.2 Å². The first-order valence-electron chi connectivity index (χ1n) is 7.02. The van der Waals surface area contributed by atoms with Gasteiger partial charge in [0.05, 0.1) is 11.1 Å². The lowest BCUT2D eigenvalue weighted by Crippen LogP contribution is -2.10. The van der Waals surface area contributed by atoms with Gasteiger partial charge in [-0.3, -0.25) is 4.79 Å². The van der Waals surface area contributed by atoms with Crippen molar-refractivity contribution in [2.75, 3.05) is 5.32 Å². The van der Waals surface area contributed by atoms with Crippen molar-refractivity contribution in [2.45, 2.75) is 6.92 Å². The Kier molecular flexibility index (Phi) is 5.11. The zero-order chi connectivity index (χ0) is 17.7. The van der Waals surface area contributed by atoms with Crippen LogP contribution < -0.4 is 5.32 Å². The van der Waals surface area contributed by atoms with Crippen molar-refractivity contribution >= 4 is 29.6 Å². The Labute approximate surface area is 138 Å². The molecule has 1 amide bonds. The molecule has 0 radical (unpaired) electrons. The minimum Gasteiger partial charge on any atom is -0.478 e. The lowest BCUT2D eigenvalue weighted by Gasteiger charge is -2.06. The summed E-state index contributed by atoms with van der Waals surface area (Å²) in [6.07, 6.45) is 2.90. The monoisotopic (exact) mass is 325 g/mol. The predicted octanol–water partition coefficient (Wildman–Crippen LogP) is 3.04. The molecule has 2 aromatic rings. The number of rotatable bonds is 5. The molecule has 3 N–H and O–H groups in total. The largest absolute Gasteiger partial charge is 0.478 e. The maximum absolute atomic E-state index is 11.9. The third-order valence-electron chi connectivity index (χ3n) is 3.20. The van der Waals surface area contributed by atoms with Crippen molar-refractivity contribution in [2.24, 2.45) is 0 Å². The minimum atomic E-state index is -1.27. The van der Waals surface area contributed by atoms with E-state index in [1.807, 2.05) is 31.2 Å². The summed E-state index contributed by atoms with van der Waals surface area (Å²) in [7, 11) is 0. The van der Waals surface area contributed by atoms with Crippen molar-refractivity contribution in [3.8, 4) is 0 Å². The van der Waals surface area contributed by atoms with Gasteiger partial charge in [-0.1, -0.05) is 29.8 Å². The van der Waals surface area contributed by atoms with Crippen LogP contribution in [0.15, 0.2) is 48.5 Å². The number of carboxylic acids is 2. The zero-order valence-corrected chi connectivity index (χ0v) is 12.8. The summed E-state index contributed by atoms with van der Waals surface area (Å²) >= 11 is 0. The van der Waals surface area contributed by atoms with Gasteiger partial charge >= 0.3 is 11.9 Å². The van der Waals surface area contributed by atoms with Crippen molar-refractivity contribution in [1.29, 1.82) is 0 Å². The molecule has 6 nitrogen and oxygen atoms in total. The van der Waals surface area contributed by atoms with Crippen molar-refractivity contribution in [3.63, 3.8) is 0 Å². The highest BCUT2D eigenvalue weighted by Crippen LogP contribution is 2.16. The molecule has 0 aromatic heterocycles. The van der Waals surface area contributed by atoms with Crippen LogP contribution in [0.2, 0.25) is 0 Å². The van der Waals surface area contributed by atoms with Gasteiger partial charge in [0.15, 0.2) is 0 Å². The number of carboxylic acid groups (broad SMARTS) is 2. The Bertz CT molecular complexity index is 790. The molecule has 0 atom stereocenters. The molecule has 24 heavy (non-hydrogen) atoms. The van der Waals surface area contributed by atoms with Gasteiger partial charge in [-0.2, -0.15) is 0 Å². The Balaban J connectivity index is 2.17. The summed E-state index contributed by atoms with van der Waals surface area (Å²) in [4.78, 5) is 34.0. The van der Waals surface area contributed by atoms with Crippen LogP contribution in [-0.2, 0) is 4.79 Å². The van der Waals surface area contributed by atoms with Gasteiger partial charge in [-0.25, -0.2) is 9.59 Å². The van der Waals surface area contributed by atoms with Crippen LogP contribution in [0, 0.1) is 6.92 Å². The van der Waals surface area contributed by atoms with Gasteiger partial charge in [-0.15, -0.1) is 0 Å². The van der Waals surface area contributed by atoms with Crippen LogP contribution in [0.1, 0.15) is 31.8 Å². The van der Waals surface area contributed by atoms with Gasteiger partial charge in [-0.05, 0) is 36.8 Å². The summed E-state index contributed by atoms with van der Waals surface area (Å²) in [5.41, 5.74) is 1.61. The molecule has 0 fully saturated rings. The molecule has 0 spiro atoms.